The van der Waals surface area contributed by atoms with Crippen LogP contribution in [-0.2, 0) is 0 Å². The van der Waals surface area contributed by atoms with Crippen LogP contribution in [0.2, 0.25) is 0 Å². The van der Waals surface area contributed by atoms with Gasteiger partial charge in [0.05, 0.1) is 33.1 Å². The molecule has 0 saturated heterocycles. The number of rotatable bonds is 6. The molecule has 0 aliphatic carbocycles. The number of nitrogens with zero attached hydrogens (tertiary/aromatic N) is 3. The number of benzene rings is 9. The normalized spacial score (nSPS) is 11.8. The Balaban J connectivity index is 1.17. The molecule has 3 heterocycles. The summed E-state index contributed by atoms with van der Waals surface area (Å²) in [7, 11) is 0. The minimum absolute atomic E-state index is 0.0895. The average Bonchev–Trinajstić information content (AvgIpc) is 3.93. The second kappa shape index (κ2) is 13.0. The van der Waals surface area contributed by atoms with Crippen LogP contribution in [-0.4, -0.2) is 20.4 Å². The zero-order valence-corrected chi connectivity index (χ0v) is 31.7. The Kier molecular flexibility index (Phi) is 7.33. The van der Waals surface area contributed by atoms with Gasteiger partial charge in [-0.1, -0.05) is 174 Å². The zero-order valence-electron chi connectivity index (χ0n) is 31.7. The first-order valence-corrected chi connectivity index (χ1v) is 20.1. The molecule has 0 spiro atoms. The van der Waals surface area contributed by atoms with Crippen LogP contribution in [0.25, 0.3) is 82.5 Å². The molecule has 12 aromatic rings. The summed E-state index contributed by atoms with van der Waals surface area (Å²) >= 11 is 0. The van der Waals surface area contributed by atoms with Gasteiger partial charge in [-0.25, -0.2) is 0 Å². The predicted octanol–water partition coefficient (Wildman–Crippen LogP) is 11.5. The van der Waals surface area contributed by atoms with Crippen molar-refractivity contribution in [3.63, 3.8) is 0 Å². The highest BCUT2D eigenvalue weighted by molar-refractivity contribution is 6.95. The van der Waals surface area contributed by atoms with Gasteiger partial charge >= 0.3 is 0 Å². The Morgan fingerprint density at radius 1 is 0.241 bits per heavy atom. The van der Waals surface area contributed by atoms with Gasteiger partial charge in [-0.2, -0.15) is 0 Å². The lowest BCUT2D eigenvalue weighted by Crippen LogP contribution is -2.51. The summed E-state index contributed by atoms with van der Waals surface area (Å²) in [4.78, 5) is 0. The first-order chi connectivity index (χ1) is 28.8. The third kappa shape index (κ3) is 4.88. The second-order valence-electron chi connectivity index (χ2n) is 15.3. The van der Waals surface area contributed by atoms with Gasteiger partial charge in [0, 0.05) is 49.4 Å². The Morgan fingerprint density at radius 2 is 0.655 bits per heavy atom. The van der Waals surface area contributed by atoms with E-state index in [0.717, 1.165) is 17.1 Å². The van der Waals surface area contributed by atoms with E-state index in [9.17, 15) is 0 Å². The Bertz CT molecular complexity index is 3460. The van der Waals surface area contributed by atoms with Gasteiger partial charge in [0.2, 0.25) is 6.71 Å². The standard InChI is InChI=1S/C54H36BN3/c1-4-17-37(18-5-1)55(38-19-6-2-7-20-38)39-21-16-24-41(35-39)57-50-29-14-10-25-43(50)46-32-33-47-44-26-11-15-30-51(44)58(54(47)53(46)57)42-31-34-52-48(36-42)45-27-12-13-28-49(45)56(52)40-22-8-3-9-23-40/h1-36H. The summed E-state index contributed by atoms with van der Waals surface area (Å²) in [6.07, 6.45) is 0. The Labute approximate surface area is 336 Å². The van der Waals surface area contributed by atoms with Crippen LogP contribution in [0.5, 0.6) is 0 Å². The maximum atomic E-state index is 2.51. The quantitative estimate of drug-likeness (QED) is 0.151. The lowest BCUT2D eigenvalue weighted by atomic mass is 9.37. The van der Waals surface area contributed by atoms with E-state index in [1.54, 1.807) is 0 Å². The fourth-order valence-electron chi connectivity index (χ4n) is 9.70. The summed E-state index contributed by atoms with van der Waals surface area (Å²) in [6.45, 7) is 0.0895. The van der Waals surface area contributed by atoms with Crippen molar-refractivity contribution in [2.24, 2.45) is 0 Å². The molecule has 0 atom stereocenters. The van der Waals surface area contributed by atoms with E-state index in [1.165, 1.54) is 81.8 Å². The van der Waals surface area contributed by atoms with Crippen molar-refractivity contribution in [2.45, 2.75) is 0 Å². The zero-order chi connectivity index (χ0) is 38.2. The third-order valence-electron chi connectivity index (χ3n) is 12.1. The highest BCUT2D eigenvalue weighted by Gasteiger charge is 2.25. The van der Waals surface area contributed by atoms with Crippen LogP contribution in [0.4, 0.5) is 0 Å². The molecule has 3 aromatic heterocycles. The van der Waals surface area contributed by atoms with Gasteiger partial charge in [0.25, 0.3) is 0 Å². The molecule has 4 heteroatoms. The molecule has 0 aliphatic heterocycles. The van der Waals surface area contributed by atoms with Crippen molar-refractivity contribution in [2.75, 3.05) is 0 Å². The van der Waals surface area contributed by atoms with Crippen molar-refractivity contribution >= 4 is 88.5 Å². The van der Waals surface area contributed by atoms with Crippen LogP contribution < -0.4 is 16.4 Å². The van der Waals surface area contributed by atoms with Crippen molar-refractivity contribution in [3.8, 4) is 17.1 Å². The summed E-state index contributed by atoms with van der Waals surface area (Å²) < 4.78 is 7.41. The number of aromatic nitrogens is 3. The number of fused-ring (bicyclic) bond motifs is 10. The van der Waals surface area contributed by atoms with E-state index in [0.29, 0.717) is 0 Å². The van der Waals surface area contributed by atoms with Gasteiger partial charge in [0.1, 0.15) is 0 Å². The summed E-state index contributed by atoms with van der Waals surface area (Å²) in [5, 5.41) is 7.43. The molecule has 0 saturated carbocycles. The van der Waals surface area contributed by atoms with Crippen molar-refractivity contribution in [3.05, 3.63) is 218 Å². The molecular formula is C54H36BN3. The summed E-state index contributed by atoms with van der Waals surface area (Å²) in [5.41, 5.74) is 14.4. The summed E-state index contributed by atoms with van der Waals surface area (Å²) in [5.74, 6) is 0. The van der Waals surface area contributed by atoms with Gasteiger partial charge in [0.15, 0.2) is 0 Å². The maximum absolute atomic E-state index is 2.51. The molecule has 0 radical (unpaired) electrons. The fraction of sp³-hybridized carbons (Fsp3) is 0. The molecule has 0 unspecified atom stereocenters. The third-order valence-corrected chi connectivity index (χ3v) is 12.1. The van der Waals surface area contributed by atoms with Crippen LogP contribution in [0.3, 0.4) is 0 Å². The average molecular weight is 738 g/mol. The van der Waals surface area contributed by atoms with Crippen LogP contribution in [0, 0.1) is 0 Å². The van der Waals surface area contributed by atoms with Crippen molar-refractivity contribution in [1.82, 2.24) is 13.7 Å². The van der Waals surface area contributed by atoms with Gasteiger partial charge in [-0.15, -0.1) is 0 Å². The Morgan fingerprint density at radius 3 is 1.22 bits per heavy atom. The highest BCUT2D eigenvalue weighted by Crippen LogP contribution is 2.42. The molecule has 3 nitrogen and oxygen atoms in total. The molecule has 58 heavy (non-hydrogen) atoms. The molecule has 0 aliphatic rings. The molecular weight excluding hydrogens is 701 g/mol. The minimum Gasteiger partial charge on any atom is -0.309 e. The van der Waals surface area contributed by atoms with Crippen molar-refractivity contribution in [1.29, 1.82) is 0 Å². The molecule has 0 fully saturated rings. The molecule has 12 rings (SSSR count). The highest BCUT2D eigenvalue weighted by atomic mass is 15.0. The first-order valence-electron chi connectivity index (χ1n) is 20.1. The molecule has 0 amide bonds. The van der Waals surface area contributed by atoms with E-state index in [4.69, 9.17) is 0 Å². The van der Waals surface area contributed by atoms with Gasteiger partial charge < -0.3 is 13.7 Å². The van der Waals surface area contributed by atoms with Gasteiger partial charge in [-0.3, -0.25) is 0 Å². The number of para-hydroxylation sites is 4. The minimum atomic E-state index is 0.0895. The van der Waals surface area contributed by atoms with E-state index < -0.39 is 0 Å². The molecule has 270 valence electrons. The van der Waals surface area contributed by atoms with Crippen molar-refractivity contribution < 1.29 is 0 Å². The SMILES string of the molecule is c1ccc(B(c2ccccc2)c2cccc(-n3c4ccccc4c4ccc5c6ccccc6n(-c6ccc7c(c6)c6ccccc6n7-c6ccccc6)c5c43)c2)cc1. The largest absolute Gasteiger partial charge is 0.309 e. The summed E-state index contributed by atoms with van der Waals surface area (Å²) in [6, 6.07) is 80.0. The lowest BCUT2D eigenvalue weighted by Gasteiger charge is -2.18. The first kappa shape index (κ1) is 32.7. The number of hydrogen-bond donors (Lipinski definition) is 0. The van der Waals surface area contributed by atoms with E-state index in [-0.39, 0.29) is 6.71 Å². The van der Waals surface area contributed by atoms with Crippen LogP contribution in [0.1, 0.15) is 0 Å². The molecule has 0 bridgehead atoms. The lowest BCUT2D eigenvalue weighted by molar-refractivity contribution is 1.15. The monoisotopic (exact) mass is 737 g/mol. The Hall–Kier alpha value is -7.56. The maximum Gasteiger partial charge on any atom is 0.241 e. The van der Waals surface area contributed by atoms with Crippen LogP contribution in [0.15, 0.2) is 218 Å². The molecule has 9 aromatic carbocycles. The van der Waals surface area contributed by atoms with Crippen LogP contribution >= 0.6 is 0 Å². The fourth-order valence-corrected chi connectivity index (χ4v) is 9.70. The van der Waals surface area contributed by atoms with Gasteiger partial charge in [-0.05, 0) is 60.7 Å². The topological polar surface area (TPSA) is 14.8 Å². The predicted molar refractivity (Wildman–Crippen MR) is 247 cm³/mol. The van der Waals surface area contributed by atoms with E-state index >= 15 is 0 Å². The van der Waals surface area contributed by atoms with E-state index in [1.807, 2.05) is 0 Å². The smallest absolute Gasteiger partial charge is 0.241 e. The second-order valence-corrected chi connectivity index (χ2v) is 15.3. The van der Waals surface area contributed by atoms with E-state index in [2.05, 4.69) is 232 Å². The number of hydrogen-bond acceptors (Lipinski definition) is 0. The molecule has 0 N–H and O–H groups in total.